The maximum Gasteiger partial charge on any atom is 0.307 e. The molecule has 1 aromatic carbocycles. The summed E-state index contributed by atoms with van der Waals surface area (Å²) in [6, 6.07) is 2.86. The Balaban J connectivity index is 2.62. The van der Waals surface area contributed by atoms with Crippen molar-refractivity contribution in [2.45, 2.75) is 19.4 Å². The van der Waals surface area contributed by atoms with Crippen LogP contribution in [0.15, 0.2) is 18.2 Å². The van der Waals surface area contributed by atoms with E-state index in [-0.39, 0.29) is 18.4 Å². The molecule has 0 bridgehead atoms. The van der Waals surface area contributed by atoms with Gasteiger partial charge in [0.15, 0.2) is 0 Å². The first-order chi connectivity index (χ1) is 7.51. The molecule has 0 saturated carbocycles. The quantitative estimate of drug-likeness (QED) is 0.805. The summed E-state index contributed by atoms with van der Waals surface area (Å²) in [7, 11) is 1.29. The second-order valence-corrected chi connectivity index (χ2v) is 3.48. The topological polar surface area (TPSA) is 38.3 Å². The van der Waals surface area contributed by atoms with Gasteiger partial charge in [0.05, 0.1) is 13.5 Å². The lowest BCUT2D eigenvalue weighted by molar-refractivity contribution is -0.140. The summed E-state index contributed by atoms with van der Waals surface area (Å²) in [4.78, 5) is 10.9. The summed E-state index contributed by atoms with van der Waals surface area (Å²) in [5.41, 5.74) is 0.300. The van der Waals surface area contributed by atoms with Gasteiger partial charge in [-0.15, -0.1) is 0 Å². The Morgan fingerprint density at radius 1 is 1.38 bits per heavy atom. The molecule has 1 aromatic rings. The zero-order valence-electron chi connectivity index (χ0n) is 9.09. The average molecular weight is 229 g/mol. The van der Waals surface area contributed by atoms with Gasteiger partial charge in [-0.05, 0) is 19.1 Å². The first kappa shape index (κ1) is 12.4. The van der Waals surface area contributed by atoms with E-state index in [0.717, 1.165) is 18.2 Å². The minimum Gasteiger partial charge on any atom is -0.469 e. The van der Waals surface area contributed by atoms with Crippen molar-refractivity contribution in [2.24, 2.45) is 0 Å². The molecule has 0 aliphatic rings. The van der Waals surface area contributed by atoms with Gasteiger partial charge < -0.3 is 10.1 Å². The van der Waals surface area contributed by atoms with Crippen LogP contribution in [0, 0.1) is 11.6 Å². The van der Waals surface area contributed by atoms with Crippen LogP contribution in [-0.2, 0) is 9.53 Å². The highest BCUT2D eigenvalue weighted by molar-refractivity contribution is 5.70. The Morgan fingerprint density at radius 2 is 1.94 bits per heavy atom. The van der Waals surface area contributed by atoms with Crippen LogP contribution >= 0.6 is 0 Å². The number of carbonyl (C=O) groups is 1. The summed E-state index contributed by atoms with van der Waals surface area (Å²) >= 11 is 0. The number of halogens is 2. The number of methoxy groups -OCH3 is 1. The first-order valence-corrected chi connectivity index (χ1v) is 4.80. The SMILES string of the molecule is COC(=O)CC(C)Nc1cc(F)cc(F)c1. The Bertz CT molecular complexity index is 362. The fraction of sp³-hybridized carbons (Fsp3) is 0.364. The molecule has 0 aliphatic carbocycles. The van der Waals surface area contributed by atoms with Crippen LogP contribution in [0.25, 0.3) is 0 Å². The van der Waals surface area contributed by atoms with E-state index in [0.29, 0.717) is 5.69 Å². The third-order valence-electron chi connectivity index (χ3n) is 1.98. The van der Waals surface area contributed by atoms with E-state index >= 15 is 0 Å². The van der Waals surface area contributed by atoms with Crippen LogP contribution in [0.3, 0.4) is 0 Å². The van der Waals surface area contributed by atoms with E-state index in [1.54, 1.807) is 6.92 Å². The fourth-order valence-electron chi connectivity index (χ4n) is 1.31. The number of hydrogen-bond acceptors (Lipinski definition) is 3. The Morgan fingerprint density at radius 3 is 2.44 bits per heavy atom. The van der Waals surface area contributed by atoms with Crippen molar-refractivity contribution in [1.29, 1.82) is 0 Å². The third kappa shape index (κ3) is 3.84. The molecule has 0 aliphatic heterocycles. The summed E-state index contributed by atoms with van der Waals surface area (Å²) in [5, 5.41) is 2.81. The van der Waals surface area contributed by atoms with Crippen molar-refractivity contribution in [1.82, 2.24) is 0 Å². The van der Waals surface area contributed by atoms with Crippen LogP contribution in [-0.4, -0.2) is 19.1 Å². The second kappa shape index (κ2) is 5.44. The highest BCUT2D eigenvalue weighted by Gasteiger charge is 2.09. The zero-order valence-corrected chi connectivity index (χ0v) is 9.09. The number of anilines is 1. The Hall–Kier alpha value is -1.65. The molecule has 3 nitrogen and oxygen atoms in total. The van der Waals surface area contributed by atoms with Gasteiger partial charge in [-0.3, -0.25) is 4.79 Å². The number of ether oxygens (including phenoxy) is 1. The normalized spacial score (nSPS) is 12.0. The summed E-state index contributed by atoms with van der Waals surface area (Å²) in [6.45, 7) is 1.72. The molecule has 0 heterocycles. The third-order valence-corrected chi connectivity index (χ3v) is 1.98. The molecule has 0 aromatic heterocycles. The van der Waals surface area contributed by atoms with Crippen molar-refractivity contribution in [3.05, 3.63) is 29.8 Å². The molecule has 1 N–H and O–H groups in total. The number of esters is 1. The maximum absolute atomic E-state index is 12.8. The molecule has 0 fully saturated rings. The first-order valence-electron chi connectivity index (χ1n) is 4.80. The van der Waals surface area contributed by atoms with Crippen molar-refractivity contribution >= 4 is 11.7 Å². The molecule has 1 atom stereocenters. The van der Waals surface area contributed by atoms with Gasteiger partial charge in [0.25, 0.3) is 0 Å². The smallest absolute Gasteiger partial charge is 0.307 e. The van der Waals surface area contributed by atoms with Gasteiger partial charge in [-0.1, -0.05) is 0 Å². The predicted molar refractivity (Wildman–Crippen MR) is 56.1 cm³/mol. The van der Waals surface area contributed by atoms with Crippen molar-refractivity contribution in [3.8, 4) is 0 Å². The van der Waals surface area contributed by atoms with Crippen LogP contribution in [0.2, 0.25) is 0 Å². The number of nitrogens with one attached hydrogen (secondary N) is 1. The molecule has 88 valence electrons. The van der Waals surface area contributed by atoms with Crippen LogP contribution in [0.4, 0.5) is 14.5 Å². The van der Waals surface area contributed by atoms with Crippen LogP contribution in [0.5, 0.6) is 0 Å². The lowest BCUT2D eigenvalue weighted by Crippen LogP contribution is -2.20. The van der Waals surface area contributed by atoms with E-state index in [1.165, 1.54) is 7.11 Å². The average Bonchev–Trinajstić information content (AvgIpc) is 2.15. The highest BCUT2D eigenvalue weighted by Crippen LogP contribution is 2.14. The number of hydrogen-bond donors (Lipinski definition) is 1. The molecule has 0 amide bonds. The molecule has 16 heavy (non-hydrogen) atoms. The molecule has 0 spiro atoms. The van der Waals surface area contributed by atoms with Gasteiger partial charge in [0.2, 0.25) is 0 Å². The maximum atomic E-state index is 12.8. The molecule has 1 unspecified atom stereocenters. The van der Waals surface area contributed by atoms with Crippen molar-refractivity contribution in [2.75, 3.05) is 12.4 Å². The van der Waals surface area contributed by atoms with E-state index < -0.39 is 11.6 Å². The monoisotopic (exact) mass is 229 g/mol. The van der Waals surface area contributed by atoms with E-state index in [4.69, 9.17) is 0 Å². The molecular weight excluding hydrogens is 216 g/mol. The molecule has 0 radical (unpaired) electrons. The molecule has 1 rings (SSSR count). The summed E-state index contributed by atoms with van der Waals surface area (Å²) < 4.78 is 30.1. The molecule has 0 saturated heterocycles. The molecule has 5 heteroatoms. The second-order valence-electron chi connectivity index (χ2n) is 3.48. The Kier molecular flexibility index (Phi) is 4.22. The van der Waals surface area contributed by atoms with Gasteiger partial charge in [-0.25, -0.2) is 8.78 Å². The zero-order chi connectivity index (χ0) is 12.1. The standard InChI is InChI=1S/C11H13F2NO2/c1-7(3-11(15)16-2)14-10-5-8(12)4-9(13)6-10/h4-7,14H,3H2,1-2H3. The number of rotatable bonds is 4. The lowest BCUT2D eigenvalue weighted by Gasteiger charge is -2.13. The molecular formula is C11H13F2NO2. The highest BCUT2D eigenvalue weighted by atomic mass is 19.1. The van der Waals surface area contributed by atoms with Gasteiger partial charge >= 0.3 is 5.97 Å². The van der Waals surface area contributed by atoms with Crippen molar-refractivity contribution in [3.63, 3.8) is 0 Å². The van der Waals surface area contributed by atoms with Crippen LogP contribution < -0.4 is 5.32 Å². The Labute approximate surface area is 92.4 Å². The number of benzene rings is 1. The van der Waals surface area contributed by atoms with E-state index in [9.17, 15) is 13.6 Å². The minimum atomic E-state index is -0.659. The fourth-order valence-corrected chi connectivity index (χ4v) is 1.31. The largest absolute Gasteiger partial charge is 0.469 e. The van der Waals surface area contributed by atoms with Crippen LogP contribution in [0.1, 0.15) is 13.3 Å². The van der Waals surface area contributed by atoms with Gasteiger partial charge in [0, 0.05) is 17.8 Å². The number of carbonyl (C=O) groups excluding carboxylic acids is 1. The summed E-state index contributed by atoms with van der Waals surface area (Å²) in [5.74, 6) is -1.70. The lowest BCUT2D eigenvalue weighted by atomic mass is 10.2. The minimum absolute atomic E-state index is 0.134. The van der Waals surface area contributed by atoms with Gasteiger partial charge in [0.1, 0.15) is 11.6 Å². The summed E-state index contributed by atoms with van der Waals surface area (Å²) in [6.07, 6.45) is 0.134. The van der Waals surface area contributed by atoms with Crippen molar-refractivity contribution < 1.29 is 18.3 Å². The van der Waals surface area contributed by atoms with Gasteiger partial charge in [-0.2, -0.15) is 0 Å². The van der Waals surface area contributed by atoms with E-state index in [2.05, 4.69) is 10.1 Å². The predicted octanol–water partition coefficient (Wildman–Crippen LogP) is 2.33. The van der Waals surface area contributed by atoms with E-state index in [1.807, 2.05) is 0 Å².